The van der Waals surface area contributed by atoms with Crippen molar-refractivity contribution in [1.82, 2.24) is 5.32 Å². The van der Waals surface area contributed by atoms with Crippen LogP contribution in [-0.2, 0) is 0 Å². The number of benzene rings is 2. The lowest BCUT2D eigenvalue weighted by Gasteiger charge is -2.36. The zero-order valence-corrected chi connectivity index (χ0v) is 11.6. The van der Waals surface area contributed by atoms with Crippen molar-refractivity contribution in [2.75, 3.05) is 24.5 Å². The Bertz CT molecular complexity index is 583. The van der Waals surface area contributed by atoms with Gasteiger partial charge in [0.05, 0.1) is 0 Å². The van der Waals surface area contributed by atoms with Crippen LogP contribution in [0.2, 0.25) is 0 Å². The minimum absolute atomic E-state index is 0.164. The Morgan fingerprint density at radius 1 is 1.15 bits per heavy atom. The Morgan fingerprint density at radius 3 is 2.70 bits per heavy atom. The van der Waals surface area contributed by atoms with Crippen LogP contribution in [0.15, 0.2) is 48.5 Å². The molecule has 20 heavy (non-hydrogen) atoms. The number of nitrogens with one attached hydrogen (secondary N) is 1. The van der Waals surface area contributed by atoms with Crippen LogP contribution in [0.5, 0.6) is 0 Å². The SMILES string of the molecule is C[C@H]1CNCCN1c1ccc(F)c(-c2ccccc2)c1. The van der Waals surface area contributed by atoms with E-state index in [0.717, 1.165) is 30.9 Å². The van der Waals surface area contributed by atoms with Crippen molar-refractivity contribution in [1.29, 1.82) is 0 Å². The number of rotatable bonds is 2. The zero-order chi connectivity index (χ0) is 13.9. The molecule has 2 aromatic carbocycles. The van der Waals surface area contributed by atoms with Gasteiger partial charge < -0.3 is 10.2 Å². The maximum absolute atomic E-state index is 14.1. The van der Waals surface area contributed by atoms with Gasteiger partial charge in [0.15, 0.2) is 0 Å². The van der Waals surface area contributed by atoms with E-state index in [9.17, 15) is 4.39 Å². The van der Waals surface area contributed by atoms with Gasteiger partial charge in [-0.1, -0.05) is 30.3 Å². The Kier molecular flexibility index (Phi) is 3.70. The first-order chi connectivity index (χ1) is 9.75. The Labute approximate surface area is 119 Å². The molecule has 1 N–H and O–H groups in total. The summed E-state index contributed by atoms with van der Waals surface area (Å²) in [7, 11) is 0. The van der Waals surface area contributed by atoms with Gasteiger partial charge in [-0.05, 0) is 30.7 Å². The van der Waals surface area contributed by atoms with Crippen molar-refractivity contribution < 1.29 is 4.39 Å². The molecular formula is C17H19FN2. The van der Waals surface area contributed by atoms with Gasteiger partial charge in [0.2, 0.25) is 0 Å². The number of halogens is 1. The van der Waals surface area contributed by atoms with E-state index < -0.39 is 0 Å². The van der Waals surface area contributed by atoms with Crippen molar-refractivity contribution in [3.05, 3.63) is 54.3 Å². The maximum Gasteiger partial charge on any atom is 0.131 e. The van der Waals surface area contributed by atoms with Gasteiger partial charge in [0.25, 0.3) is 0 Å². The van der Waals surface area contributed by atoms with Gasteiger partial charge >= 0.3 is 0 Å². The van der Waals surface area contributed by atoms with E-state index in [1.807, 2.05) is 42.5 Å². The van der Waals surface area contributed by atoms with Crippen LogP contribution in [0.3, 0.4) is 0 Å². The van der Waals surface area contributed by atoms with Crippen LogP contribution >= 0.6 is 0 Å². The van der Waals surface area contributed by atoms with Crippen LogP contribution in [0, 0.1) is 5.82 Å². The Morgan fingerprint density at radius 2 is 1.95 bits per heavy atom. The standard InChI is InChI=1S/C17H19FN2/c1-13-12-19-9-10-20(13)15-7-8-17(18)16(11-15)14-5-3-2-4-6-14/h2-8,11,13,19H,9-10,12H2,1H3/t13-/m0/s1. The molecule has 1 aliphatic heterocycles. The summed E-state index contributed by atoms with van der Waals surface area (Å²) < 4.78 is 14.1. The molecule has 3 heteroatoms. The molecule has 0 aromatic heterocycles. The molecule has 0 radical (unpaired) electrons. The lowest BCUT2D eigenvalue weighted by Crippen LogP contribution is -2.49. The summed E-state index contributed by atoms with van der Waals surface area (Å²) >= 11 is 0. The number of hydrogen-bond donors (Lipinski definition) is 1. The van der Waals surface area contributed by atoms with E-state index in [1.54, 1.807) is 6.07 Å². The zero-order valence-electron chi connectivity index (χ0n) is 11.6. The molecule has 2 aromatic rings. The van der Waals surface area contributed by atoms with E-state index in [2.05, 4.69) is 17.1 Å². The van der Waals surface area contributed by atoms with Crippen molar-refractivity contribution >= 4 is 5.69 Å². The maximum atomic E-state index is 14.1. The van der Waals surface area contributed by atoms with Crippen LogP contribution in [0.1, 0.15) is 6.92 Å². The highest BCUT2D eigenvalue weighted by Crippen LogP contribution is 2.28. The molecule has 104 valence electrons. The fraction of sp³-hybridized carbons (Fsp3) is 0.294. The van der Waals surface area contributed by atoms with Crippen molar-refractivity contribution in [3.8, 4) is 11.1 Å². The highest BCUT2D eigenvalue weighted by atomic mass is 19.1. The molecule has 0 bridgehead atoms. The van der Waals surface area contributed by atoms with Crippen LogP contribution in [-0.4, -0.2) is 25.7 Å². The summed E-state index contributed by atoms with van der Waals surface area (Å²) in [5.74, 6) is -0.164. The fourth-order valence-corrected chi connectivity index (χ4v) is 2.76. The molecular weight excluding hydrogens is 251 g/mol. The minimum Gasteiger partial charge on any atom is -0.366 e. The highest BCUT2D eigenvalue weighted by Gasteiger charge is 2.19. The van der Waals surface area contributed by atoms with Gasteiger partial charge in [-0.2, -0.15) is 0 Å². The summed E-state index contributed by atoms with van der Waals surface area (Å²) in [5, 5.41) is 3.38. The molecule has 1 fully saturated rings. The van der Waals surface area contributed by atoms with Crippen molar-refractivity contribution in [2.45, 2.75) is 13.0 Å². The van der Waals surface area contributed by atoms with Crippen LogP contribution in [0.25, 0.3) is 11.1 Å². The Balaban J connectivity index is 1.98. The van der Waals surface area contributed by atoms with Gasteiger partial charge in [-0.15, -0.1) is 0 Å². The van der Waals surface area contributed by atoms with Crippen molar-refractivity contribution in [3.63, 3.8) is 0 Å². The first-order valence-corrected chi connectivity index (χ1v) is 7.08. The second-order valence-corrected chi connectivity index (χ2v) is 5.28. The molecule has 0 aliphatic carbocycles. The monoisotopic (exact) mass is 270 g/mol. The van der Waals surface area contributed by atoms with Crippen LogP contribution < -0.4 is 10.2 Å². The van der Waals surface area contributed by atoms with Crippen LogP contribution in [0.4, 0.5) is 10.1 Å². The molecule has 3 rings (SSSR count). The van der Waals surface area contributed by atoms with Gasteiger partial charge in [-0.25, -0.2) is 4.39 Å². The summed E-state index contributed by atoms with van der Waals surface area (Å²) in [6.45, 7) is 5.10. The molecule has 2 nitrogen and oxygen atoms in total. The van der Waals surface area contributed by atoms with Crippen molar-refractivity contribution in [2.24, 2.45) is 0 Å². The Hall–Kier alpha value is -1.87. The highest BCUT2D eigenvalue weighted by molar-refractivity contribution is 5.69. The average molecular weight is 270 g/mol. The second kappa shape index (κ2) is 5.63. The molecule has 0 unspecified atom stereocenters. The smallest absolute Gasteiger partial charge is 0.131 e. The molecule has 1 aliphatic rings. The van der Waals surface area contributed by atoms with Gasteiger partial charge in [0.1, 0.15) is 5.82 Å². The largest absolute Gasteiger partial charge is 0.366 e. The number of nitrogens with zero attached hydrogens (tertiary/aromatic N) is 1. The van der Waals surface area contributed by atoms with E-state index in [1.165, 1.54) is 0 Å². The quantitative estimate of drug-likeness (QED) is 0.901. The summed E-state index contributed by atoms with van der Waals surface area (Å²) in [6, 6.07) is 15.6. The van der Waals surface area contributed by atoms with E-state index in [4.69, 9.17) is 0 Å². The molecule has 0 spiro atoms. The first kappa shape index (κ1) is 13.1. The lowest BCUT2D eigenvalue weighted by molar-refractivity contribution is 0.500. The number of piperazine rings is 1. The van der Waals surface area contributed by atoms with Gasteiger partial charge in [0, 0.05) is 36.9 Å². The first-order valence-electron chi connectivity index (χ1n) is 7.08. The summed E-state index contributed by atoms with van der Waals surface area (Å²) in [4.78, 5) is 2.34. The molecule has 0 amide bonds. The van der Waals surface area contributed by atoms with E-state index >= 15 is 0 Å². The number of anilines is 1. The third kappa shape index (κ3) is 2.54. The normalized spacial score (nSPS) is 19.1. The third-order valence-corrected chi connectivity index (χ3v) is 3.87. The molecule has 1 heterocycles. The average Bonchev–Trinajstić information content (AvgIpc) is 2.49. The predicted octanol–water partition coefficient (Wildman–Crippen LogP) is 3.29. The molecule has 1 saturated heterocycles. The minimum atomic E-state index is -0.164. The third-order valence-electron chi connectivity index (χ3n) is 3.87. The number of hydrogen-bond acceptors (Lipinski definition) is 2. The van der Waals surface area contributed by atoms with Gasteiger partial charge in [-0.3, -0.25) is 0 Å². The molecule has 0 saturated carbocycles. The lowest BCUT2D eigenvalue weighted by atomic mass is 10.0. The fourth-order valence-electron chi connectivity index (χ4n) is 2.76. The predicted molar refractivity (Wildman–Crippen MR) is 81.5 cm³/mol. The van der Waals surface area contributed by atoms with E-state index in [-0.39, 0.29) is 5.82 Å². The molecule has 1 atom stereocenters. The summed E-state index contributed by atoms with van der Waals surface area (Å²) in [6.07, 6.45) is 0. The summed E-state index contributed by atoms with van der Waals surface area (Å²) in [5.41, 5.74) is 2.70. The van der Waals surface area contributed by atoms with E-state index in [0.29, 0.717) is 11.6 Å². The topological polar surface area (TPSA) is 15.3 Å². The second-order valence-electron chi connectivity index (χ2n) is 5.28.